The van der Waals surface area contributed by atoms with Crippen LogP contribution in [0.4, 0.5) is 0 Å². The third-order valence-electron chi connectivity index (χ3n) is 3.32. The molecule has 2 heterocycles. The summed E-state index contributed by atoms with van der Waals surface area (Å²) in [5.41, 5.74) is 3.68. The molecule has 22 heavy (non-hydrogen) atoms. The number of H-pyrrole nitrogens is 1. The fraction of sp³-hybridized carbons (Fsp3) is 0.118. The molecule has 0 radical (unpaired) electrons. The average molecular weight is 292 g/mol. The number of pyridine rings is 1. The van der Waals surface area contributed by atoms with E-state index in [0.717, 1.165) is 17.0 Å². The number of carbonyl (C=O) groups is 1. The predicted molar refractivity (Wildman–Crippen MR) is 84.2 cm³/mol. The number of hydrogen-bond donors (Lipinski definition) is 2. The first-order chi connectivity index (χ1) is 10.7. The Hall–Kier alpha value is -2.95. The van der Waals surface area contributed by atoms with Gasteiger partial charge < -0.3 is 10.3 Å². The van der Waals surface area contributed by atoms with Gasteiger partial charge in [0.2, 0.25) is 0 Å². The van der Waals surface area contributed by atoms with E-state index in [1.807, 2.05) is 31.2 Å². The Morgan fingerprint density at radius 3 is 2.91 bits per heavy atom. The molecule has 3 aromatic rings. The van der Waals surface area contributed by atoms with E-state index in [-0.39, 0.29) is 5.91 Å². The SMILES string of the molecule is Cc1cccc(-c2cncc(C(=O)NCc3ncc[nH]3)c2)c1. The Bertz CT molecular complexity index is 781. The van der Waals surface area contributed by atoms with Crippen LogP contribution < -0.4 is 5.32 Å². The molecule has 1 amide bonds. The normalized spacial score (nSPS) is 10.4. The van der Waals surface area contributed by atoms with Crippen molar-refractivity contribution in [3.63, 3.8) is 0 Å². The molecule has 0 saturated heterocycles. The van der Waals surface area contributed by atoms with Gasteiger partial charge in [0, 0.05) is 30.4 Å². The highest BCUT2D eigenvalue weighted by atomic mass is 16.1. The molecule has 110 valence electrons. The van der Waals surface area contributed by atoms with Crippen LogP contribution in [-0.4, -0.2) is 20.9 Å². The second kappa shape index (κ2) is 6.22. The Morgan fingerprint density at radius 2 is 2.14 bits per heavy atom. The van der Waals surface area contributed by atoms with E-state index < -0.39 is 0 Å². The van der Waals surface area contributed by atoms with Crippen LogP contribution in [0.25, 0.3) is 11.1 Å². The lowest BCUT2D eigenvalue weighted by Gasteiger charge is -2.06. The number of aryl methyl sites for hydroxylation is 1. The van der Waals surface area contributed by atoms with E-state index in [1.54, 1.807) is 24.8 Å². The standard InChI is InChI=1S/C17H16N4O/c1-12-3-2-4-13(7-12)14-8-15(10-18-9-14)17(22)21-11-16-19-5-6-20-16/h2-10H,11H2,1H3,(H,19,20)(H,21,22). The van der Waals surface area contributed by atoms with Crippen LogP contribution in [0.3, 0.4) is 0 Å². The zero-order valence-corrected chi connectivity index (χ0v) is 12.2. The zero-order valence-electron chi connectivity index (χ0n) is 12.2. The van der Waals surface area contributed by atoms with Gasteiger partial charge in [0.25, 0.3) is 5.91 Å². The maximum atomic E-state index is 12.2. The molecule has 0 saturated carbocycles. The molecule has 2 aromatic heterocycles. The molecule has 3 rings (SSSR count). The van der Waals surface area contributed by atoms with Crippen molar-refractivity contribution in [3.8, 4) is 11.1 Å². The number of imidazole rings is 1. The smallest absolute Gasteiger partial charge is 0.253 e. The summed E-state index contributed by atoms with van der Waals surface area (Å²) in [6, 6.07) is 9.96. The van der Waals surface area contributed by atoms with Gasteiger partial charge in [-0.15, -0.1) is 0 Å². The fourth-order valence-electron chi connectivity index (χ4n) is 2.21. The van der Waals surface area contributed by atoms with Crippen molar-refractivity contribution in [2.45, 2.75) is 13.5 Å². The zero-order chi connectivity index (χ0) is 15.4. The first-order valence-corrected chi connectivity index (χ1v) is 7.01. The van der Waals surface area contributed by atoms with Crippen LogP contribution in [0.15, 0.2) is 55.1 Å². The number of nitrogens with one attached hydrogen (secondary N) is 2. The van der Waals surface area contributed by atoms with Crippen molar-refractivity contribution in [1.29, 1.82) is 0 Å². The number of nitrogens with zero attached hydrogens (tertiary/aromatic N) is 2. The van der Waals surface area contributed by atoms with Crippen LogP contribution in [0, 0.1) is 6.92 Å². The van der Waals surface area contributed by atoms with Gasteiger partial charge in [-0.1, -0.05) is 29.8 Å². The van der Waals surface area contributed by atoms with Crippen LogP contribution >= 0.6 is 0 Å². The molecule has 0 aliphatic rings. The lowest BCUT2D eigenvalue weighted by molar-refractivity contribution is 0.0949. The van der Waals surface area contributed by atoms with Crippen molar-refractivity contribution in [2.75, 3.05) is 0 Å². The van der Waals surface area contributed by atoms with Crippen molar-refractivity contribution in [1.82, 2.24) is 20.3 Å². The minimum Gasteiger partial charge on any atom is -0.347 e. The number of aromatic amines is 1. The number of aromatic nitrogens is 3. The van der Waals surface area contributed by atoms with Gasteiger partial charge in [0.15, 0.2) is 0 Å². The highest BCUT2D eigenvalue weighted by Crippen LogP contribution is 2.20. The summed E-state index contributed by atoms with van der Waals surface area (Å²) in [6.07, 6.45) is 6.71. The molecular formula is C17H16N4O. The summed E-state index contributed by atoms with van der Waals surface area (Å²) in [4.78, 5) is 23.4. The van der Waals surface area contributed by atoms with Gasteiger partial charge in [0.05, 0.1) is 12.1 Å². The second-order valence-electron chi connectivity index (χ2n) is 5.05. The third-order valence-corrected chi connectivity index (χ3v) is 3.32. The van der Waals surface area contributed by atoms with Crippen molar-refractivity contribution in [3.05, 3.63) is 72.1 Å². The van der Waals surface area contributed by atoms with Crippen molar-refractivity contribution < 1.29 is 4.79 Å². The molecule has 0 spiro atoms. The Balaban J connectivity index is 1.77. The molecular weight excluding hydrogens is 276 g/mol. The van der Waals surface area contributed by atoms with Crippen LogP contribution in [0.2, 0.25) is 0 Å². The van der Waals surface area contributed by atoms with Crippen molar-refractivity contribution in [2.24, 2.45) is 0 Å². The minimum atomic E-state index is -0.168. The summed E-state index contributed by atoms with van der Waals surface area (Å²) in [7, 11) is 0. The van der Waals surface area contributed by atoms with Crippen LogP contribution in [-0.2, 0) is 6.54 Å². The molecule has 5 nitrogen and oxygen atoms in total. The molecule has 5 heteroatoms. The van der Waals surface area contributed by atoms with Gasteiger partial charge in [-0.05, 0) is 18.6 Å². The first-order valence-electron chi connectivity index (χ1n) is 7.01. The first kappa shape index (κ1) is 14.0. The molecule has 0 atom stereocenters. The molecule has 0 bridgehead atoms. The van der Waals surface area contributed by atoms with E-state index in [0.29, 0.717) is 12.1 Å². The monoisotopic (exact) mass is 292 g/mol. The van der Waals surface area contributed by atoms with Crippen LogP contribution in [0.1, 0.15) is 21.7 Å². The highest BCUT2D eigenvalue weighted by Gasteiger charge is 2.08. The fourth-order valence-corrected chi connectivity index (χ4v) is 2.21. The van der Waals surface area contributed by atoms with Gasteiger partial charge in [-0.25, -0.2) is 4.98 Å². The quantitative estimate of drug-likeness (QED) is 0.776. The lowest BCUT2D eigenvalue weighted by atomic mass is 10.0. The molecule has 1 aromatic carbocycles. The highest BCUT2D eigenvalue weighted by molar-refractivity contribution is 5.94. The molecule has 2 N–H and O–H groups in total. The maximum Gasteiger partial charge on any atom is 0.253 e. The number of carbonyl (C=O) groups excluding carboxylic acids is 1. The largest absolute Gasteiger partial charge is 0.347 e. The summed E-state index contributed by atoms with van der Waals surface area (Å²) in [5, 5.41) is 2.82. The third kappa shape index (κ3) is 3.20. The number of rotatable bonds is 4. The number of benzene rings is 1. The molecule has 0 unspecified atom stereocenters. The average Bonchev–Trinajstić information content (AvgIpc) is 3.06. The number of hydrogen-bond acceptors (Lipinski definition) is 3. The Kier molecular flexibility index (Phi) is 3.96. The van der Waals surface area contributed by atoms with Crippen LogP contribution in [0.5, 0.6) is 0 Å². The molecule has 0 aliphatic heterocycles. The van der Waals surface area contributed by atoms with Gasteiger partial charge >= 0.3 is 0 Å². The van der Waals surface area contributed by atoms with Gasteiger partial charge in [0.1, 0.15) is 5.82 Å². The van der Waals surface area contributed by atoms with E-state index in [1.165, 1.54) is 5.56 Å². The van der Waals surface area contributed by atoms with E-state index in [4.69, 9.17) is 0 Å². The summed E-state index contributed by atoms with van der Waals surface area (Å²) in [6.45, 7) is 2.40. The summed E-state index contributed by atoms with van der Waals surface area (Å²) >= 11 is 0. The van der Waals surface area contributed by atoms with E-state index in [2.05, 4.69) is 26.3 Å². The van der Waals surface area contributed by atoms with Gasteiger partial charge in [-0.2, -0.15) is 0 Å². The van der Waals surface area contributed by atoms with E-state index in [9.17, 15) is 4.79 Å². The van der Waals surface area contributed by atoms with Gasteiger partial charge in [-0.3, -0.25) is 9.78 Å². The molecule has 0 aliphatic carbocycles. The summed E-state index contributed by atoms with van der Waals surface area (Å²) in [5.74, 6) is 0.551. The minimum absolute atomic E-state index is 0.168. The van der Waals surface area contributed by atoms with E-state index >= 15 is 0 Å². The molecule has 0 fully saturated rings. The summed E-state index contributed by atoms with van der Waals surface area (Å²) < 4.78 is 0. The lowest BCUT2D eigenvalue weighted by Crippen LogP contribution is -2.23. The second-order valence-corrected chi connectivity index (χ2v) is 5.05. The van der Waals surface area contributed by atoms with Crippen molar-refractivity contribution >= 4 is 5.91 Å². The Morgan fingerprint density at radius 1 is 1.23 bits per heavy atom. The number of amides is 1. The maximum absolute atomic E-state index is 12.2. The predicted octanol–water partition coefficient (Wildman–Crippen LogP) is 2.71. The Labute approximate surface area is 128 Å². The topological polar surface area (TPSA) is 70.7 Å².